The van der Waals surface area contributed by atoms with Crippen LogP contribution in [-0.2, 0) is 15.0 Å². The van der Waals surface area contributed by atoms with Crippen LogP contribution in [-0.4, -0.2) is 36.9 Å². The van der Waals surface area contributed by atoms with E-state index in [0.717, 1.165) is 4.31 Å². The first kappa shape index (κ1) is 11.4. The van der Waals surface area contributed by atoms with Crippen LogP contribution in [0, 0.1) is 5.41 Å². The predicted molar refractivity (Wildman–Crippen MR) is 49.7 cm³/mol. The Bertz CT molecular complexity index is 330. The van der Waals surface area contributed by atoms with Gasteiger partial charge >= 0.3 is 5.97 Å². The number of hydrogen-bond acceptors (Lipinski definition) is 3. The quantitative estimate of drug-likeness (QED) is 0.650. The highest BCUT2D eigenvalue weighted by Crippen LogP contribution is 2.31. The van der Waals surface area contributed by atoms with Gasteiger partial charge in [0.25, 0.3) is 10.2 Å². The molecule has 0 atom stereocenters. The Hall–Kier alpha value is -0.660. The van der Waals surface area contributed by atoms with E-state index in [1.165, 1.54) is 0 Å². The number of rotatable bonds is 2. The average Bonchev–Trinajstić information content (AvgIpc) is 2.03. The van der Waals surface area contributed by atoms with E-state index in [4.69, 9.17) is 10.2 Å². The standard InChI is InChI=1S/C7H14N2O4S/c1-7(6(10)11)2-4-9(5-3-7)14(8,12)13/h2-5H2,1H3,(H,10,11)(H2,8,12,13). The molecule has 82 valence electrons. The zero-order chi connectivity index (χ0) is 11.0. The van der Waals surface area contributed by atoms with Gasteiger partial charge < -0.3 is 5.11 Å². The maximum absolute atomic E-state index is 10.9. The van der Waals surface area contributed by atoms with Crippen molar-refractivity contribution in [3.8, 4) is 0 Å². The zero-order valence-corrected chi connectivity index (χ0v) is 8.75. The summed E-state index contributed by atoms with van der Waals surface area (Å²) >= 11 is 0. The highest BCUT2D eigenvalue weighted by molar-refractivity contribution is 7.86. The molecule has 6 nitrogen and oxygen atoms in total. The zero-order valence-electron chi connectivity index (χ0n) is 7.93. The van der Waals surface area contributed by atoms with Crippen molar-refractivity contribution in [2.45, 2.75) is 19.8 Å². The molecule has 0 unspecified atom stereocenters. The van der Waals surface area contributed by atoms with Crippen LogP contribution >= 0.6 is 0 Å². The highest BCUT2D eigenvalue weighted by atomic mass is 32.2. The lowest BCUT2D eigenvalue weighted by molar-refractivity contribution is -0.150. The molecular formula is C7H14N2O4S. The van der Waals surface area contributed by atoms with Crippen LogP contribution in [0.25, 0.3) is 0 Å². The van der Waals surface area contributed by atoms with Crippen LogP contribution in [0.5, 0.6) is 0 Å². The molecule has 3 N–H and O–H groups in total. The van der Waals surface area contributed by atoms with Crippen LogP contribution in [0.4, 0.5) is 0 Å². The molecule has 0 aromatic carbocycles. The molecule has 0 saturated carbocycles. The Morgan fingerprint density at radius 1 is 1.43 bits per heavy atom. The van der Waals surface area contributed by atoms with Crippen molar-refractivity contribution in [3.63, 3.8) is 0 Å². The van der Waals surface area contributed by atoms with E-state index in [0.29, 0.717) is 12.8 Å². The van der Waals surface area contributed by atoms with Gasteiger partial charge in [-0.2, -0.15) is 12.7 Å². The lowest BCUT2D eigenvalue weighted by atomic mass is 9.81. The lowest BCUT2D eigenvalue weighted by Crippen LogP contribution is -2.47. The number of carboxylic acids is 1. The predicted octanol–water partition coefficient (Wildman–Crippen LogP) is -0.623. The summed E-state index contributed by atoms with van der Waals surface area (Å²) < 4.78 is 23.0. The molecule has 0 aromatic heterocycles. The van der Waals surface area contributed by atoms with Crippen molar-refractivity contribution >= 4 is 16.2 Å². The molecular weight excluding hydrogens is 208 g/mol. The Kier molecular flexibility index (Phi) is 2.84. The third-order valence-electron chi connectivity index (χ3n) is 2.70. The molecule has 1 heterocycles. The van der Waals surface area contributed by atoms with Gasteiger partial charge in [-0.05, 0) is 19.8 Å². The maximum atomic E-state index is 10.9. The normalized spacial score (nSPS) is 23.3. The van der Waals surface area contributed by atoms with E-state index < -0.39 is 21.6 Å². The monoisotopic (exact) mass is 222 g/mol. The minimum atomic E-state index is -3.66. The lowest BCUT2D eigenvalue weighted by Gasteiger charge is -2.34. The van der Waals surface area contributed by atoms with Crippen LogP contribution in [0.3, 0.4) is 0 Å². The summed E-state index contributed by atoms with van der Waals surface area (Å²) in [6.07, 6.45) is 0.609. The van der Waals surface area contributed by atoms with Crippen molar-refractivity contribution < 1.29 is 18.3 Å². The van der Waals surface area contributed by atoms with Gasteiger partial charge in [-0.15, -0.1) is 0 Å². The second kappa shape index (κ2) is 3.48. The Labute approximate surface area is 82.9 Å². The summed E-state index contributed by atoms with van der Waals surface area (Å²) in [5.74, 6) is -0.883. The van der Waals surface area contributed by atoms with Crippen molar-refractivity contribution in [2.24, 2.45) is 10.6 Å². The molecule has 1 fully saturated rings. The SMILES string of the molecule is CC1(C(=O)O)CCN(S(N)(=O)=O)CC1. The number of nitrogens with two attached hydrogens (primary N) is 1. The topological polar surface area (TPSA) is 101 Å². The summed E-state index contributed by atoms with van der Waals surface area (Å²) in [6.45, 7) is 1.99. The molecule has 1 rings (SSSR count). The Morgan fingerprint density at radius 3 is 2.14 bits per heavy atom. The second-order valence-corrected chi connectivity index (χ2v) is 5.36. The summed E-state index contributed by atoms with van der Waals surface area (Å²) in [4.78, 5) is 10.8. The van der Waals surface area contributed by atoms with Gasteiger partial charge in [-0.3, -0.25) is 4.79 Å². The van der Waals surface area contributed by atoms with Gasteiger partial charge in [-0.25, -0.2) is 5.14 Å². The van der Waals surface area contributed by atoms with Crippen molar-refractivity contribution in [2.75, 3.05) is 13.1 Å². The largest absolute Gasteiger partial charge is 0.481 e. The molecule has 0 aromatic rings. The fourth-order valence-electron chi connectivity index (χ4n) is 1.45. The first-order valence-corrected chi connectivity index (χ1v) is 5.77. The number of carbonyl (C=O) groups is 1. The number of piperidine rings is 1. The molecule has 14 heavy (non-hydrogen) atoms. The van der Waals surface area contributed by atoms with Gasteiger partial charge in [0.05, 0.1) is 5.41 Å². The van der Waals surface area contributed by atoms with Crippen molar-refractivity contribution in [1.29, 1.82) is 0 Å². The average molecular weight is 222 g/mol. The van der Waals surface area contributed by atoms with Gasteiger partial charge in [0.2, 0.25) is 0 Å². The van der Waals surface area contributed by atoms with Crippen molar-refractivity contribution in [3.05, 3.63) is 0 Å². The molecule has 0 aliphatic carbocycles. The molecule has 1 aliphatic heterocycles. The van der Waals surface area contributed by atoms with E-state index in [-0.39, 0.29) is 13.1 Å². The third-order valence-corrected chi connectivity index (χ3v) is 3.79. The smallest absolute Gasteiger partial charge is 0.309 e. The fraction of sp³-hybridized carbons (Fsp3) is 0.857. The van der Waals surface area contributed by atoms with E-state index >= 15 is 0 Å². The summed E-state index contributed by atoms with van der Waals surface area (Å²) in [7, 11) is -3.66. The maximum Gasteiger partial charge on any atom is 0.309 e. The molecule has 1 saturated heterocycles. The Morgan fingerprint density at radius 2 is 1.86 bits per heavy atom. The van der Waals surface area contributed by atoms with Gasteiger partial charge in [0.1, 0.15) is 0 Å². The van der Waals surface area contributed by atoms with E-state index in [2.05, 4.69) is 0 Å². The van der Waals surface area contributed by atoms with Crippen LogP contribution in [0.1, 0.15) is 19.8 Å². The molecule has 0 bridgehead atoms. The van der Waals surface area contributed by atoms with Crippen molar-refractivity contribution in [1.82, 2.24) is 4.31 Å². The minimum absolute atomic E-state index is 0.182. The van der Waals surface area contributed by atoms with Gasteiger partial charge in [0.15, 0.2) is 0 Å². The number of carboxylic acid groups (broad SMARTS) is 1. The molecule has 0 amide bonds. The molecule has 7 heteroatoms. The van der Waals surface area contributed by atoms with Gasteiger partial charge in [-0.1, -0.05) is 0 Å². The first-order chi connectivity index (χ1) is 6.26. The van der Waals surface area contributed by atoms with E-state index in [1.807, 2.05) is 0 Å². The molecule has 0 radical (unpaired) electrons. The van der Waals surface area contributed by atoms with Crippen LogP contribution < -0.4 is 5.14 Å². The fourth-order valence-corrected chi connectivity index (χ4v) is 2.14. The summed E-state index contributed by atoms with van der Waals surface area (Å²) in [5.41, 5.74) is -0.818. The number of nitrogens with zero attached hydrogens (tertiary/aromatic N) is 1. The number of aliphatic carboxylic acids is 1. The minimum Gasteiger partial charge on any atom is -0.481 e. The first-order valence-electron chi connectivity index (χ1n) is 4.27. The van der Waals surface area contributed by atoms with Crippen LogP contribution in [0.15, 0.2) is 0 Å². The molecule has 0 spiro atoms. The van der Waals surface area contributed by atoms with E-state index in [9.17, 15) is 13.2 Å². The molecule has 1 aliphatic rings. The van der Waals surface area contributed by atoms with Gasteiger partial charge in [0, 0.05) is 13.1 Å². The Balaban J connectivity index is 2.68. The summed E-state index contributed by atoms with van der Waals surface area (Å²) in [6, 6.07) is 0. The highest BCUT2D eigenvalue weighted by Gasteiger charge is 2.39. The number of hydrogen-bond donors (Lipinski definition) is 2. The third kappa shape index (κ3) is 2.23. The second-order valence-electron chi connectivity index (χ2n) is 3.81. The van der Waals surface area contributed by atoms with Crippen LogP contribution in [0.2, 0.25) is 0 Å². The van der Waals surface area contributed by atoms with E-state index in [1.54, 1.807) is 6.92 Å². The summed E-state index contributed by atoms with van der Waals surface area (Å²) in [5, 5.41) is 13.8.